The number of esters is 1. The fraction of sp³-hybridized carbons (Fsp3) is 0.318. The number of benzene rings is 2. The summed E-state index contributed by atoms with van der Waals surface area (Å²) in [6, 6.07) is 10.4. The number of rotatable bonds is 3. The third-order valence-electron chi connectivity index (χ3n) is 5.41. The maximum atomic E-state index is 13.2. The van der Waals surface area contributed by atoms with Gasteiger partial charge >= 0.3 is 5.97 Å². The predicted molar refractivity (Wildman–Crippen MR) is 111 cm³/mol. The second-order valence-corrected chi connectivity index (χ2v) is 7.26. The molecule has 3 aromatic rings. The monoisotopic (exact) mass is 394 g/mol. The van der Waals surface area contributed by atoms with Crippen molar-refractivity contribution in [1.82, 2.24) is 9.97 Å². The fourth-order valence-corrected chi connectivity index (χ4v) is 3.58. The lowest BCUT2D eigenvalue weighted by Crippen LogP contribution is -2.47. The van der Waals surface area contributed by atoms with Crippen LogP contribution in [0.25, 0.3) is 11.0 Å². The molecular weight excluding hydrogens is 371 g/mol. The summed E-state index contributed by atoms with van der Waals surface area (Å²) in [5.41, 5.74) is 4.89. The summed E-state index contributed by atoms with van der Waals surface area (Å²) in [7, 11) is 1.35. The Kier molecular flexibility index (Phi) is 5.05. The van der Waals surface area contributed by atoms with Crippen LogP contribution in [-0.2, 0) is 4.74 Å². The first-order valence-electron chi connectivity index (χ1n) is 9.59. The minimum Gasteiger partial charge on any atom is -0.464 e. The minimum atomic E-state index is -0.492. The third-order valence-corrected chi connectivity index (χ3v) is 5.41. The van der Waals surface area contributed by atoms with Gasteiger partial charge in [-0.15, -0.1) is 0 Å². The highest BCUT2D eigenvalue weighted by Gasteiger charge is 2.25. The minimum absolute atomic E-state index is 0.235. The van der Waals surface area contributed by atoms with Crippen LogP contribution in [-0.4, -0.2) is 49.2 Å². The number of fused-ring (bicyclic) bond motifs is 1. The highest BCUT2D eigenvalue weighted by atomic mass is 19.1. The van der Waals surface area contributed by atoms with Crippen molar-refractivity contribution in [2.75, 3.05) is 43.1 Å². The van der Waals surface area contributed by atoms with Crippen molar-refractivity contribution in [2.45, 2.75) is 13.8 Å². The van der Waals surface area contributed by atoms with Gasteiger partial charge in [0.25, 0.3) is 0 Å². The Hall–Kier alpha value is -3.22. The molecule has 1 aliphatic heterocycles. The standard InChI is InChI=1S/C22H23FN4O2/c1-14-12-18-19(13-15(14)2)25-21(20(24-18)22(28)29-3)27-10-8-26(9-11-27)17-6-4-16(23)5-7-17/h4-7,12-13H,8-11H2,1-3H3. The SMILES string of the molecule is COC(=O)c1nc2cc(C)c(C)cc2nc1N1CCN(c2ccc(F)cc2)CC1. The summed E-state index contributed by atoms with van der Waals surface area (Å²) in [5.74, 6) is -0.188. The normalized spacial score (nSPS) is 14.3. The lowest BCUT2D eigenvalue weighted by Gasteiger charge is -2.37. The lowest BCUT2D eigenvalue weighted by atomic mass is 10.1. The Labute approximate surface area is 168 Å². The van der Waals surface area contributed by atoms with Crippen LogP contribution in [0.1, 0.15) is 21.6 Å². The summed E-state index contributed by atoms with van der Waals surface area (Å²) >= 11 is 0. The van der Waals surface area contributed by atoms with Gasteiger partial charge in [0, 0.05) is 31.9 Å². The Morgan fingerprint density at radius 2 is 1.48 bits per heavy atom. The first kappa shape index (κ1) is 19.1. The van der Waals surface area contributed by atoms with Crippen molar-refractivity contribution in [1.29, 1.82) is 0 Å². The van der Waals surface area contributed by atoms with Crippen molar-refractivity contribution in [2.24, 2.45) is 0 Å². The zero-order valence-electron chi connectivity index (χ0n) is 16.8. The van der Waals surface area contributed by atoms with E-state index in [2.05, 4.69) is 14.8 Å². The van der Waals surface area contributed by atoms with Gasteiger partial charge in [0.1, 0.15) is 5.82 Å². The average Bonchev–Trinajstić information content (AvgIpc) is 2.74. The van der Waals surface area contributed by atoms with Crippen LogP contribution in [0.3, 0.4) is 0 Å². The largest absolute Gasteiger partial charge is 0.464 e. The van der Waals surface area contributed by atoms with Crippen molar-refractivity contribution < 1.29 is 13.9 Å². The number of anilines is 2. The molecule has 29 heavy (non-hydrogen) atoms. The van der Waals surface area contributed by atoms with Crippen LogP contribution in [0.5, 0.6) is 0 Å². The van der Waals surface area contributed by atoms with E-state index in [0.717, 1.165) is 35.4 Å². The lowest BCUT2D eigenvalue weighted by molar-refractivity contribution is 0.0595. The number of carbonyl (C=O) groups is 1. The molecule has 150 valence electrons. The van der Waals surface area contributed by atoms with E-state index in [-0.39, 0.29) is 11.5 Å². The number of carbonyl (C=O) groups excluding carboxylic acids is 1. The highest BCUT2D eigenvalue weighted by molar-refractivity contribution is 5.95. The van der Waals surface area contributed by atoms with E-state index in [1.165, 1.54) is 19.2 Å². The summed E-state index contributed by atoms with van der Waals surface area (Å²) < 4.78 is 18.1. The number of hydrogen-bond donors (Lipinski definition) is 0. The first-order valence-corrected chi connectivity index (χ1v) is 9.59. The van der Waals surface area contributed by atoms with Crippen LogP contribution < -0.4 is 9.80 Å². The molecule has 0 saturated carbocycles. The molecule has 0 bridgehead atoms. The number of aryl methyl sites for hydroxylation is 2. The van der Waals surface area contributed by atoms with Crippen LogP contribution in [0.15, 0.2) is 36.4 Å². The summed E-state index contributed by atoms with van der Waals surface area (Å²) in [6.45, 7) is 6.86. The molecule has 1 aromatic heterocycles. The van der Waals surface area contributed by atoms with E-state index < -0.39 is 5.97 Å². The molecule has 1 fully saturated rings. The third kappa shape index (κ3) is 3.72. The number of nitrogens with zero attached hydrogens (tertiary/aromatic N) is 4. The van der Waals surface area contributed by atoms with E-state index in [0.29, 0.717) is 24.4 Å². The van der Waals surface area contributed by atoms with Gasteiger partial charge in [-0.25, -0.2) is 19.2 Å². The summed E-state index contributed by atoms with van der Waals surface area (Å²) in [5, 5.41) is 0. The molecular formula is C22H23FN4O2. The fourth-order valence-electron chi connectivity index (χ4n) is 3.58. The Bertz CT molecular complexity index is 1060. The van der Waals surface area contributed by atoms with Gasteiger partial charge in [0.2, 0.25) is 0 Å². The highest BCUT2D eigenvalue weighted by Crippen LogP contribution is 2.26. The van der Waals surface area contributed by atoms with Crippen LogP contribution >= 0.6 is 0 Å². The van der Waals surface area contributed by atoms with Gasteiger partial charge in [0.05, 0.1) is 18.1 Å². The second-order valence-electron chi connectivity index (χ2n) is 7.26. The maximum Gasteiger partial charge on any atom is 0.360 e. The molecule has 2 heterocycles. The zero-order chi connectivity index (χ0) is 20.5. The molecule has 0 unspecified atom stereocenters. The zero-order valence-corrected chi connectivity index (χ0v) is 16.8. The number of ether oxygens (including phenoxy) is 1. The summed E-state index contributed by atoms with van der Waals surface area (Å²) in [4.78, 5) is 26.0. The van der Waals surface area contributed by atoms with Crippen molar-refractivity contribution in [3.8, 4) is 0 Å². The summed E-state index contributed by atoms with van der Waals surface area (Å²) in [6.07, 6.45) is 0. The average molecular weight is 394 g/mol. The first-order chi connectivity index (χ1) is 14.0. The van der Waals surface area contributed by atoms with E-state index in [4.69, 9.17) is 9.72 Å². The number of aromatic nitrogens is 2. The van der Waals surface area contributed by atoms with Crippen LogP contribution in [0.2, 0.25) is 0 Å². The van der Waals surface area contributed by atoms with Crippen molar-refractivity contribution in [3.63, 3.8) is 0 Å². The quantitative estimate of drug-likeness (QED) is 0.634. The van der Waals surface area contributed by atoms with Crippen LogP contribution in [0.4, 0.5) is 15.9 Å². The smallest absolute Gasteiger partial charge is 0.360 e. The van der Waals surface area contributed by atoms with E-state index in [1.807, 2.05) is 26.0 Å². The number of piperazine rings is 1. The second kappa shape index (κ2) is 7.66. The van der Waals surface area contributed by atoms with E-state index in [9.17, 15) is 9.18 Å². The topological polar surface area (TPSA) is 58.6 Å². The molecule has 7 heteroatoms. The molecule has 0 amide bonds. The van der Waals surface area contributed by atoms with Gasteiger partial charge in [-0.3, -0.25) is 0 Å². The molecule has 1 aliphatic rings. The molecule has 0 radical (unpaired) electrons. The van der Waals surface area contributed by atoms with Gasteiger partial charge in [0.15, 0.2) is 11.5 Å². The molecule has 0 N–H and O–H groups in total. The molecule has 1 saturated heterocycles. The Morgan fingerprint density at radius 1 is 0.931 bits per heavy atom. The molecule has 0 spiro atoms. The van der Waals surface area contributed by atoms with E-state index >= 15 is 0 Å². The van der Waals surface area contributed by atoms with Gasteiger partial charge < -0.3 is 14.5 Å². The Morgan fingerprint density at radius 3 is 2.07 bits per heavy atom. The van der Waals surface area contributed by atoms with Crippen molar-refractivity contribution in [3.05, 3.63) is 59.0 Å². The van der Waals surface area contributed by atoms with Crippen LogP contribution in [0, 0.1) is 19.7 Å². The van der Waals surface area contributed by atoms with Gasteiger partial charge in [-0.1, -0.05) is 0 Å². The predicted octanol–water partition coefficient (Wildman–Crippen LogP) is 3.50. The molecule has 6 nitrogen and oxygen atoms in total. The van der Waals surface area contributed by atoms with Crippen molar-refractivity contribution >= 4 is 28.5 Å². The molecule has 0 aliphatic carbocycles. The number of hydrogen-bond acceptors (Lipinski definition) is 6. The van der Waals surface area contributed by atoms with Gasteiger partial charge in [-0.2, -0.15) is 0 Å². The molecule has 0 atom stereocenters. The van der Waals surface area contributed by atoms with Gasteiger partial charge in [-0.05, 0) is 61.4 Å². The maximum absolute atomic E-state index is 13.2. The van der Waals surface area contributed by atoms with E-state index in [1.54, 1.807) is 12.1 Å². The Balaban J connectivity index is 1.65. The molecule has 4 rings (SSSR count). The molecule has 2 aromatic carbocycles. The number of methoxy groups -OCH3 is 1. The number of halogens is 1.